The summed E-state index contributed by atoms with van der Waals surface area (Å²) in [6, 6.07) is 3.38. The number of nitrogens with zero attached hydrogens (tertiary/aromatic N) is 2. The Morgan fingerprint density at radius 3 is 2.90 bits per heavy atom. The number of alkyl halides is 2. The van der Waals surface area contributed by atoms with E-state index in [0.717, 1.165) is 0 Å². The Kier molecular flexibility index (Phi) is 4.17. The third kappa shape index (κ3) is 3.63. The first-order valence-corrected chi connectivity index (χ1v) is 6.21. The molecule has 0 spiro atoms. The molecule has 2 heterocycles. The van der Waals surface area contributed by atoms with Crippen molar-refractivity contribution < 1.29 is 23.4 Å². The van der Waals surface area contributed by atoms with Gasteiger partial charge in [0.2, 0.25) is 0 Å². The molecule has 1 aliphatic rings. The maximum absolute atomic E-state index is 13.5. The second-order valence-electron chi connectivity index (χ2n) is 4.95. The van der Waals surface area contributed by atoms with Crippen LogP contribution in [0.4, 0.5) is 8.78 Å². The zero-order chi connectivity index (χ0) is 14.8. The third-order valence-electron chi connectivity index (χ3n) is 3.25. The number of carbonyl (C=O) groups is 1. The molecule has 1 saturated heterocycles. The summed E-state index contributed by atoms with van der Waals surface area (Å²) in [5.41, 5.74) is 0.604. The maximum Gasteiger partial charge on any atom is 0.308 e. The standard InChI is InChI=1S/C13H16F2N2O3/c1-20-11-3-2-10(16-5-11)7-17-6-9(12(18)19)4-13(14,15)8-17/h2-3,5,9H,4,6-8H2,1H3,(H,18,19). The SMILES string of the molecule is COc1ccc(CN2CC(C(=O)O)CC(F)(F)C2)nc1. The Morgan fingerprint density at radius 2 is 2.35 bits per heavy atom. The first-order chi connectivity index (χ1) is 9.39. The molecule has 1 unspecified atom stereocenters. The lowest BCUT2D eigenvalue weighted by atomic mass is 9.95. The van der Waals surface area contributed by atoms with Crippen molar-refractivity contribution in [2.45, 2.75) is 18.9 Å². The van der Waals surface area contributed by atoms with Crippen LogP contribution in [-0.2, 0) is 11.3 Å². The lowest BCUT2D eigenvalue weighted by Gasteiger charge is -2.35. The van der Waals surface area contributed by atoms with Crippen LogP contribution >= 0.6 is 0 Å². The highest BCUT2D eigenvalue weighted by atomic mass is 19.3. The average molecular weight is 286 g/mol. The number of likely N-dealkylation sites (tertiary alicyclic amines) is 1. The van der Waals surface area contributed by atoms with Gasteiger partial charge in [0.25, 0.3) is 5.92 Å². The fourth-order valence-corrected chi connectivity index (χ4v) is 2.33. The Bertz CT molecular complexity index is 479. The number of rotatable bonds is 4. The van der Waals surface area contributed by atoms with E-state index in [1.54, 1.807) is 12.1 Å². The fraction of sp³-hybridized carbons (Fsp3) is 0.538. The van der Waals surface area contributed by atoms with Crippen LogP contribution in [-0.4, -0.2) is 47.1 Å². The van der Waals surface area contributed by atoms with Gasteiger partial charge >= 0.3 is 5.97 Å². The van der Waals surface area contributed by atoms with E-state index in [4.69, 9.17) is 9.84 Å². The smallest absolute Gasteiger partial charge is 0.308 e. The van der Waals surface area contributed by atoms with Crippen LogP contribution in [0.2, 0.25) is 0 Å². The van der Waals surface area contributed by atoms with Gasteiger partial charge in [0.1, 0.15) is 5.75 Å². The van der Waals surface area contributed by atoms with Gasteiger partial charge in [-0.15, -0.1) is 0 Å². The molecule has 0 saturated carbocycles. The van der Waals surface area contributed by atoms with Crippen LogP contribution in [0.5, 0.6) is 5.75 Å². The maximum atomic E-state index is 13.5. The molecule has 1 aromatic heterocycles. The minimum atomic E-state index is -2.98. The van der Waals surface area contributed by atoms with Gasteiger partial charge < -0.3 is 9.84 Å². The molecule has 110 valence electrons. The van der Waals surface area contributed by atoms with Crippen LogP contribution in [0.15, 0.2) is 18.3 Å². The summed E-state index contributed by atoms with van der Waals surface area (Å²) < 4.78 is 32.0. The molecule has 0 aromatic carbocycles. The summed E-state index contributed by atoms with van der Waals surface area (Å²) in [5.74, 6) is -4.62. The van der Waals surface area contributed by atoms with Crippen molar-refractivity contribution >= 4 is 5.97 Å². The number of carboxylic acids is 1. The molecule has 1 fully saturated rings. The van der Waals surface area contributed by atoms with Gasteiger partial charge in [0, 0.05) is 19.5 Å². The number of ether oxygens (including phenoxy) is 1. The number of methoxy groups -OCH3 is 1. The Balaban J connectivity index is 2.05. The minimum Gasteiger partial charge on any atom is -0.495 e. The van der Waals surface area contributed by atoms with Crippen LogP contribution in [0, 0.1) is 5.92 Å². The van der Waals surface area contributed by atoms with E-state index in [-0.39, 0.29) is 13.1 Å². The van der Waals surface area contributed by atoms with Gasteiger partial charge in [0.15, 0.2) is 0 Å². The largest absolute Gasteiger partial charge is 0.495 e. The van der Waals surface area contributed by atoms with Crippen molar-refractivity contribution in [1.29, 1.82) is 0 Å². The number of carboxylic acid groups (broad SMARTS) is 1. The zero-order valence-corrected chi connectivity index (χ0v) is 11.1. The molecule has 1 aromatic rings. The number of pyridine rings is 1. The molecule has 2 rings (SSSR count). The second kappa shape index (κ2) is 5.70. The monoisotopic (exact) mass is 286 g/mol. The molecule has 0 aliphatic carbocycles. The van der Waals surface area contributed by atoms with E-state index in [1.807, 2.05) is 0 Å². The summed E-state index contributed by atoms with van der Waals surface area (Å²) in [4.78, 5) is 16.5. The van der Waals surface area contributed by atoms with Crippen molar-refractivity contribution in [3.63, 3.8) is 0 Å². The lowest BCUT2D eigenvalue weighted by Crippen LogP contribution is -2.48. The average Bonchev–Trinajstić information content (AvgIpc) is 2.37. The van der Waals surface area contributed by atoms with Gasteiger partial charge in [-0.05, 0) is 12.1 Å². The topological polar surface area (TPSA) is 62.7 Å². The highest BCUT2D eigenvalue weighted by molar-refractivity contribution is 5.70. The predicted molar refractivity (Wildman–Crippen MR) is 66.8 cm³/mol. The first-order valence-electron chi connectivity index (χ1n) is 6.21. The summed E-state index contributed by atoms with van der Waals surface area (Å²) in [6.07, 6.45) is 0.904. The van der Waals surface area contributed by atoms with E-state index in [2.05, 4.69) is 4.98 Å². The molecule has 1 aliphatic heterocycles. The fourth-order valence-electron chi connectivity index (χ4n) is 2.33. The van der Waals surface area contributed by atoms with Crippen molar-refractivity contribution in [2.24, 2.45) is 5.92 Å². The van der Waals surface area contributed by atoms with E-state index >= 15 is 0 Å². The summed E-state index contributed by atoms with van der Waals surface area (Å²) in [7, 11) is 1.51. The second-order valence-corrected chi connectivity index (χ2v) is 4.95. The van der Waals surface area contributed by atoms with E-state index in [1.165, 1.54) is 18.2 Å². The number of hydrogen-bond acceptors (Lipinski definition) is 4. The molecule has 5 nitrogen and oxygen atoms in total. The Labute approximate surface area is 115 Å². The molecule has 0 bridgehead atoms. The summed E-state index contributed by atoms with van der Waals surface area (Å²) in [6.45, 7) is -0.132. The van der Waals surface area contributed by atoms with Gasteiger partial charge in [-0.25, -0.2) is 8.78 Å². The molecule has 7 heteroatoms. The molecule has 0 radical (unpaired) electrons. The van der Waals surface area contributed by atoms with Crippen molar-refractivity contribution in [3.8, 4) is 5.75 Å². The van der Waals surface area contributed by atoms with Crippen LogP contribution in [0.3, 0.4) is 0 Å². The van der Waals surface area contributed by atoms with E-state index in [0.29, 0.717) is 11.4 Å². The highest BCUT2D eigenvalue weighted by Gasteiger charge is 2.42. The van der Waals surface area contributed by atoms with Gasteiger partial charge in [-0.2, -0.15) is 0 Å². The van der Waals surface area contributed by atoms with Crippen molar-refractivity contribution in [3.05, 3.63) is 24.0 Å². The van der Waals surface area contributed by atoms with Crippen LogP contribution in [0.1, 0.15) is 12.1 Å². The number of aromatic nitrogens is 1. The molecule has 0 amide bonds. The molecular formula is C13H16F2N2O3. The summed E-state index contributed by atoms with van der Waals surface area (Å²) >= 11 is 0. The number of aliphatic carboxylic acids is 1. The number of hydrogen-bond donors (Lipinski definition) is 1. The molecule has 1 atom stereocenters. The van der Waals surface area contributed by atoms with Gasteiger partial charge in [-0.3, -0.25) is 14.7 Å². The predicted octanol–water partition coefficient (Wildman–Crippen LogP) is 1.63. The quantitative estimate of drug-likeness (QED) is 0.911. The van der Waals surface area contributed by atoms with E-state index in [9.17, 15) is 13.6 Å². The molecular weight excluding hydrogens is 270 g/mol. The number of piperidine rings is 1. The van der Waals surface area contributed by atoms with Crippen LogP contribution < -0.4 is 4.74 Å². The summed E-state index contributed by atoms with van der Waals surface area (Å²) in [5, 5.41) is 8.93. The van der Waals surface area contributed by atoms with Crippen molar-refractivity contribution in [1.82, 2.24) is 9.88 Å². The molecule has 1 N–H and O–H groups in total. The van der Waals surface area contributed by atoms with Crippen LogP contribution in [0.25, 0.3) is 0 Å². The first kappa shape index (κ1) is 14.6. The normalized spacial score (nSPS) is 22.4. The van der Waals surface area contributed by atoms with Crippen molar-refractivity contribution in [2.75, 3.05) is 20.2 Å². The van der Waals surface area contributed by atoms with E-state index < -0.39 is 30.8 Å². The highest BCUT2D eigenvalue weighted by Crippen LogP contribution is 2.31. The molecule has 20 heavy (non-hydrogen) atoms. The Hall–Kier alpha value is -1.76. The van der Waals surface area contributed by atoms with Gasteiger partial charge in [0.05, 0.1) is 31.5 Å². The third-order valence-corrected chi connectivity index (χ3v) is 3.25. The zero-order valence-electron chi connectivity index (χ0n) is 11.1. The Morgan fingerprint density at radius 1 is 1.60 bits per heavy atom. The number of halogens is 2. The minimum absolute atomic E-state index is 0.110. The van der Waals surface area contributed by atoms with Gasteiger partial charge in [-0.1, -0.05) is 0 Å². The lowest BCUT2D eigenvalue weighted by molar-refractivity contribution is -0.153.